The van der Waals surface area contributed by atoms with E-state index in [9.17, 15) is 0 Å². The minimum atomic E-state index is 0.602. The molecule has 0 bridgehead atoms. The highest BCUT2D eigenvalue weighted by molar-refractivity contribution is 9.10. The molecule has 1 aromatic heterocycles. The van der Waals surface area contributed by atoms with Crippen LogP contribution < -0.4 is 5.73 Å². The molecule has 0 aliphatic heterocycles. The number of nitrogens with two attached hydrogens (primary N) is 1. The molecule has 0 unspecified atom stereocenters. The van der Waals surface area contributed by atoms with E-state index < -0.39 is 0 Å². The first kappa shape index (κ1) is 10.2. The third-order valence-electron chi connectivity index (χ3n) is 2.58. The molecule has 15 heavy (non-hydrogen) atoms. The zero-order valence-electron chi connectivity index (χ0n) is 8.63. The van der Waals surface area contributed by atoms with E-state index in [-0.39, 0.29) is 0 Å². The fraction of sp³-hybridized carbons (Fsp3) is 0.182. The van der Waals surface area contributed by atoms with Gasteiger partial charge in [0.05, 0.1) is 6.20 Å². The fourth-order valence-corrected chi connectivity index (χ4v) is 2.06. The molecule has 3 nitrogen and oxygen atoms in total. The lowest BCUT2D eigenvalue weighted by Gasteiger charge is -2.07. The van der Waals surface area contributed by atoms with E-state index in [2.05, 4.69) is 52.1 Å². The summed E-state index contributed by atoms with van der Waals surface area (Å²) in [5.74, 6) is 0.602. The predicted molar refractivity (Wildman–Crippen MR) is 65.6 cm³/mol. The second-order valence-electron chi connectivity index (χ2n) is 3.60. The molecule has 2 rings (SSSR count). The van der Waals surface area contributed by atoms with Gasteiger partial charge in [-0.05, 0) is 36.6 Å². The molecule has 1 heterocycles. The molecule has 3 N–H and O–H groups in total. The number of aryl methyl sites for hydroxylation is 1. The van der Waals surface area contributed by atoms with Crippen molar-refractivity contribution in [3.8, 4) is 11.1 Å². The summed E-state index contributed by atoms with van der Waals surface area (Å²) in [5, 5.41) is 6.65. The summed E-state index contributed by atoms with van der Waals surface area (Å²) in [7, 11) is 0. The molecule has 4 heteroatoms. The molecule has 0 radical (unpaired) electrons. The standard InChI is InChI=1S/C11H12BrN3/c1-6-3-8(4-10(12)7(6)2)9-5-14-15-11(9)13/h3-5H,1-2H3,(H3,13,14,15). The van der Waals surface area contributed by atoms with E-state index in [1.807, 2.05) is 0 Å². The van der Waals surface area contributed by atoms with Crippen LogP contribution in [0, 0.1) is 13.8 Å². The van der Waals surface area contributed by atoms with Gasteiger partial charge in [0.25, 0.3) is 0 Å². The molecule has 78 valence electrons. The van der Waals surface area contributed by atoms with E-state index in [1.54, 1.807) is 6.20 Å². The Labute approximate surface area is 96.8 Å². The van der Waals surface area contributed by atoms with E-state index >= 15 is 0 Å². The van der Waals surface area contributed by atoms with Gasteiger partial charge in [-0.2, -0.15) is 5.10 Å². The Morgan fingerprint density at radius 3 is 2.60 bits per heavy atom. The number of nitrogens with one attached hydrogen (secondary N) is 1. The van der Waals surface area contributed by atoms with Crippen molar-refractivity contribution >= 4 is 21.7 Å². The normalized spacial score (nSPS) is 10.6. The predicted octanol–water partition coefficient (Wildman–Crippen LogP) is 3.04. The van der Waals surface area contributed by atoms with Crippen molar-refractivity contribution in [2.75, 3.05) is 5.73 Å². The zero-order chi connectivity index (χ0) is 11.0. The van der Waals surface area contributed by atoms with Crippen LogP contribution in [0.3, 0.4) is 0 Å². The number of nitrogen functional groups attached to an aromatic ring is 1. The van der Waals surface area contributed by atoms with Crippen molar-refractivity contribution in [3.63, 3.8) is 0 Å². The second-order valence-corrected chi connectivity index (χ2v) is 4.45. The van der Waals surface area contributed by atoms with Crippen molar-refractivity contribution in [2.24, 2.45) is 0 Å². The lowest BCUT2D eigenvalue weighted by Crippen LogP contribution is -1.90. The number of hydrogen-bond acceptors (Lipinski definition) is 2. The van der Waals surface area contributed by atoms with Gasteiger partial charge in [0.15, 0.2) is 0 Å². The zero-order valence-corrected chi connectivity index (χ0v) is 10.2. The third-order valence-corrected chi connectivity index (χ3v) is 3.41. The summed E-state index contributed by atoms with van der Waals surface area (Å²) in [6, 6.07) is 4.17. The molecule has 0 aliphatic rings. The maximum absolute atomic E-state index is 5.78. The Hall–Kier alpha value is -1.29. The monoisotopic (exact) mass is 265 g/mol. The highest BCUT2D eigenvalue weighted by Crippen LogP contribution is 2.30. The number of hydrogen-bond donors (Lipinski definition) is 2. The summed E-state index contributed by atoms with van der Waals surface area (Å²) in [5.41, 5.74) is 10.3. The second kappa shape index (κ2) is 3.70. The Morgan fingerprint density at radius 1 is 1.33 bits per heavy atom. The molecule has 2 aromatic rings. The molecule has 0 saturated carbocycles. The maximum atomic E-state index is 5.78. The number of halogens is 1. The summed E-state index contributed by atoms with van der Waals surface area (Å²) in [6.45, 7) is 4.17. The maximum Gasteiger partial charge on any atom is 0.126 e. The number of anilines is 1. The van der Waals surface area contributed by atoms with Crippen molar-refractivity contribution in [1.29, 1.82) is 0 Å². The Kier molecular flexibility index (Phi) is 2.52. The summed E-state index contributed by atoms with van der Waals surface area (Å²) in [6.07, 6.45) is 1.74. The molecule has 0 spiro atoms. The van der Waals surface area contributed by atoms with Crippen LogP contribution in [0.25, 0.3) is 11.1 Å². The van der Waals surface area contributed by atoms with Crippen LogP contribution in [-0.4, -0.2) is 10.2 Å². The minimum Gasteiger partial charge on any atom is -0.384 e. The topological polar surface area (TPSA) is 54.7 Å². The number of aromatic amines is 1. The van der Waals surface area contributed by atoms with Gasteiger partial charge in [-0.15, -0.1) is 0 Å². The lowest BCUT2D eigenvalue weighted by molar-refractivity contribution is 1.10. The highest BCUT2D eigenvalue weighted by Gasteiger charge is 2.08. The highest BCUT2D eigenvalue weighted by atomic mass is 79.9. The van der Waals surface area contributed by atoms with Crippen LogP contribution >= 0.6 is 15.9 Å². The van der Waals surface area contributed by atoms with Gasteiger partial charge in [0, 0.05) is 10.0 Å². The molecule has 0 aliphatic carbocycles. The molecular formula is C11H12BrN3. The van der Waals surface area contributed by atoms with Crippen molar-refractivity contribution in [2.45, 2.75) is 13.8 Å². The van der Waals surface area contributed by atoms with Crippen LogP contribution in [0.2, 0.25) is 0 Å². The third kappa shape index (κ3) is 1.77. The largest absolute Gasteiger partial charge is 0.384 e. The van der Waals surface area contributed by atoms with Crippen molar-refractivity contribution < 1.29 is 0 Å². The van der Waals surface area contributed by atoms with Crippen LogP contribution in [0.5, 0.6) is 0 Å². The molecule has 0 fully saturated rings. The number of H-pyrrole nitrogens is 1. The van der Waals surface area contributed by atoms with E-state index in [0.29, 0.717) is 5.82 Å². The van der Waals surface area contributed by atoms with E-state index in [4.69, 9.17) is 5.73 Å². The van der Waals surface area contributed by atoms with Gasteiger partial charge < -0.3 is 5.73 Å². The van der Waals surface area contributed by atoms with Crippen LogP contribution in [-0.2, 0) is 0 Å². The average Bonchev–Trinajstić information content (AvgIpc) is 2.60. The fourth-order valence-electron chi connectivity index (χ4n) is 1.50. The van der Waals surface area contributed by atoms with Gasteiger partial charge in [0.1, 0.15) is 5.82 Å². The number of benzene rings is 1. The Balaban J connectivity index is 2.60. The number of rotatable bonds is 1. The Morgan fingerprint density at radius 2 is 2.07 bits per heavy atom. The quantitative estimate of drug-likeness (QED) is 0.833. The first-order valence-corrected chi connectivity index (χ1v) is 5.45. The number of nitrogens with zero attached hydrogens (tertiary/aromatic N) is 1. The van der Waals surface area contributed by atoms with Crippen LogP contribution in [0.4, 0.5) is 5.82 Å². The first-order chi connectivity index (χ1) is 7.09. The van der Waals surface area contributed by atoms with Gasteiger partial charge in [-0.3, -0.25) is 5.10 Å². The molecule has 1 aromatic carbocycles. The first-order valence-electron chi connectivity index (χ1n) is 4.65. The van der Waals surface area contributed by atoms with Crippen molar-refractivity contribution in [3.05, 3.63) is 33.9 Å². The minimum absolute atomic E-state index is 0.602. The van der Waals surface area contributed by atoms with Gasteiger partial charge in [-0.1, -0.05) is 22.0 Å². The molecular weight excluding hydrogens is 254 g/mol. The van der Waals surface area contributed by atoms with E-state index in [0.717, 1.165) is 15.6 Å². The van der Waals surface area contributed by atoms with Gasteiger partial charge >= 0.3 is 0 Å². The lowest BCUT2D eigenvalue weighted by atomic mass is 10.0. The van der Waals surface area contributed by atoms with Crippen molar-refractivity contribution in [1.82, 2.24) is 10.2 Å². The summed E-state index contributed by atoms with van der Waals surface area (Å²) in [4.78, 5) is 0. The number of aromatic nitrogens is 2. The SMILES string of the molecule is Cc1cc(-c2cn[nH]c2N)cc(Br)c1C. The molecule has 0 amide bonds. The molecule has 0 saturated heterocycles. The average molecular weight is 266 g/mol. The summed E-state index contributed by atoms with van der Waals surface area (Å²) < 4.78 is 1.10. The Bertz CT molecular complexity index is 479. The summed E-state index contributed by atoms with van der Waals surface area (Å²) >= 11 is 3.54. The smallest absolute Gasteiger partial charge is 0.126 e. The van der Waals surface area contributed by atoms with Crippen LogP contribution in [0.1, 0.15) is 11.1 Å². The van der Waals surface area contributed by atoms with Crippen LogP contribution in [0.15, 0.2) is 22.8 Å². The van der Waals surface area contributed by atoms with E-state index in [1.165, 1.54) is 11.1 Å². The molecule has 0 atom stereocenters. The van der Waals surface area contributed by atoms with Gasteiger partial charge in [0.2, 0.25) is 0 Å². The van der Waals surface area contributed by atoms with Gasteiger partial charge in [-0.25, -0.2) is 0 Å².